The zero-order valence-electron chi connectivity index (χ0n) is 16.3. The van der Waals surface area contributed by atoms with Crippen LogP contribution in [-0.4, -0.2) is 28.9 Å². The van der Waals surface area contributed by atoms with E-state index in [1.807, 2.05) is 19.9 Å². The van der Waals surface area contributed by atoms with Crippen molar-refractivity contribution < 1.29 is 9.53 Å². The lowest BCUT2D eigenvalue weighted by molar-refractivity contribution is 0.0982. The number of aromatic nitrogens is 2. The molecule has 27 heavy (non-hydrogen) atoms. The molecule has 0 bridgehead atoms. The van der Waals surface area contributed by atoms with Crippen molar-refractivity contribution in [1.82, 2.24) is 9.97 Å². The molecule has 0 radical (unpaired) electrons. The van der Waals surface area contributed by atoms with Crippen molar-refractivity contribution in [2.45, 2.75) is 40.0 Å². The van der Waals surface area contributed by atoms with Crippen LogP contribution in [0.15, 0.2) is 42.8 Å². The fraction of sp³-hybridized carbons (Fsp3) is 0.409. The summed E-state index contributed by atoms with van der Waals surface area (Å²) < 4.78 is 5.63. The summed E-state index contributed by atoms with van der Waals surface area (Å²) in [6.07, 6.45) is 14.2. The Kier molecular flexibility index (Phi) is 5.89. The second-order valence-electron chi connectivity index (χ2n) is 7.16. The lowest BCUT2D eigenvalue weighted by atomic mass is 9.83. The largest absolute Gasteiger partial charge is 0.476 e. The van der Waals surface area contributed by atoms with Crippen LogP contribution in [0.25, 0.3) is 10.9 Å². The van der Waals surface area contributed by atoms with Crippen molar-refractivity contribution in [2.24, 2.45) is 5.41 Å². The molecule has 1 aliphatic carbocycles. The molecule has 0 aromatic carbocycles. The minimum atomic E-state index is 0.00515. The molecule has 1 N–H and O–H groups in total. The Morgan fingerprint density at radius 3 is 2.85 bits per heavy atom. The summed E-state index contributed by atoms with van der Waals surface area (Å²) in [4.78, 5) is 21.5. The van der Waals surface area contributed by atoms with E-state index in [-0.39, 0.29) is 11.2 Å². The lowest BCUT2D eigenvalue weighted by Gasteiger charge is -2.28. The number of Topliss-reactive ketones (excluding diaryl/α,β-unsaturated/α-hetero) is 1. The van der Waals surface area contributed by atoms with Crippen LogP contribution in [0.5, 0.6) is 5.88 Å². The molecule has 0 spiro atoms. The van der Waals surface area contributed by atoms with Gasteiger partial charge in [-0.1, -0.05) is 38.2 Å². The number of fused-ring (bicyclic) bond motifs is 1. The molecule has 5 heteroatoms. The van der Waals surface area contributed by atoms with Gasteiger partial charge in [0.2, 0.25) is 5.88 Å². The maximum atomic E-state index is 12.7. The second kappa shape index (κ2) is 8.33. The summed E-state index contributed by atoms with van der Waals surface area (Å²) in [7, 11) is 0. The van der Waals surface area contributed by atoms with E-state index in [4.69, 9.17) is 4.74 Å². The molecular weight excluding hydrogens is 338 g/mol. The van der Waals surface area contributed by atoms with Gasteiger partial charge < -0.3 is 10.1 Å². The third kappa shape index (κ3) is 4.18. The molecule has 0 unspecified atom stereocenters. The quantitative estimate of drug-likeness (QED) is 0.671. The highest BCUT2D eigenvalue weighted by Crippen LogP contribution is 2.33. The fourth-order valence-corrected chi connectivity index (χ4v) is 3.30. The smallest absolute Gasteiger partial charge is 0.240 e. The van der Waals surface area contributed by atoms with Crippen molar-refractivity contribution >= 4 is 22.4 Å². The van der Waals surface area contributed by atoms with Crippen LogP contribution in [0.1, 0.15) is 50.4 Å². The maximum absolute atomic E-state index is 12.7. The van der Waals surface area contributed by atoms with Gasteiger partial charge in [0.1, 0.15) is 5.52 Å². The Hall–Kier alpha value is -2.69. The summed E-state index contributed by atoms with van der Waals surface area (Å²) in [5.41, 5.74) is 2.15. The first kappa shape index (κ1) is 19.1. The number of ketones is 1. The van der Waals surface area contributed by atoms with Crippen LogP contribution in [0.2, 0.25) is 0 Å². The van der Waals surface area contributed by atoms with E-state index in [0.717, 1.165) is 30.5 Å². The van der Waals surface area contributed by atoms with Gasteiger partial charge in [0.25, 0.3) is 0 Å². The Labute approximate surface area is 160 Å². The number of pyridine rings is 2. The van der Waals surface area contributed by atoms with E-state index in [1.54, 1.807) is 12.4 Å². The number of carbonyl (C=O) groups excluding carboxylic acids is 1. The van der Waals surface area contributed by atoms with Crippen LogP contribution < -0.4 is 10.1 Å². The van der Waals surface area contributed by atoms with E-state index >= 15 is 0 Å². The molecule has 2 heterocycles. The third-order valence-corrected chi connectivity index (χ3v) is 4.81. The zero-order chi connectivity index (χ0) is 19.3. The van der Waals surface area contributed by atoms with E-state index in [9.17, 15) is 4.79 Å². The predicted octanol–water partition coefficient (Wildman–Crippen LogP) is 4.95. The van der Waals surface area contributed by atoms with Crippen molar-refractivity contribution in [3.63, 3.8) is 0 Å². The normalized spacial score (nSPS) is 18.6. The van der Waals surface area contributed by atoms with Gasteiger partial charge in [-0.2, -0.15) is 0 Å². The van der Waals surface area contributed by atoms with Crippen LogP contribution in [-0.2, 0) is 0 Å². The molecule has 0 amide bonds. The molecule has 5 nitrogen and oxygen atoms in total. The summed E-state index contributed by atoms with van der Waals surface area (Å²) >= 11 is 0. The number of nitrogens with one attached hydrogen (secondary N) is 1. The Morgan fingerprint density at radius 2 is 2.15 bits per heavy atom. The van der Waals surface area contributed by atoms with Crippen molar-refractivity contribution in [1.29, 1.82) is 0 Å². The number of ether oxygens (including phenoxy) is 1. The molecule has 1 aliphatic rings. The number of hydrogen-bond donors (Lipinski definition) is 1. The van der Waals surface area contributed by atoms with Gasteiger partial charge in [0.15, 0.2) is 5.78 Å². The highest BCUT2D eigenvalue weighted by Gasteiger charge is 2.23. The SMILES string of the molecule is CCCC(=O)c1cnc2c(OCC)nccc2c1NC[C@@]1(C)C=CC=CC1. The maximum Gasteiger partial charge on any atom is 0.240 e. The van der Waals surface area contributed by atoms with Gasteiger partial charge in [0.05, 0.1) is 17.9 Å². The minimum absolute atomic E-state index is 0.00515. The van der Waals surface area contributed by atoms with Gasteiger partial charge in [-0.15, -0.1) is 0 Å². The number of hydrogen-bond acceptors (Lipinski definition) is 5. The van der Waals surface area contributed by atoms with Gasteiger partial charge in [-0.05, 0) is 25.8 Å². The first-order valence-corrected chi connectivity index (χ1v) is 9.60. The minimum Gasteiger partial charge on any atom is -0.476 e. The van der Waals surface area contributed by atoms with E-state index in [2.05, 4.69) is 46.5 Å². The summed E-state index contributed by atoms with van der Waals surface area (Å²) in [5, 5.41) is 4.42. The molecule has 0 aliphatic heterocycles. The van der Waals surface area contributed by atoms with Gasteiger partial charge >= 0.3 is 0 Å². The highest BCUT2D eigenvalue weighted by molar-refractivity contribution is 6.08. The van der Waals surface area contributed by atoms with Crippen molar-refractivity contribution in [3.8, 4) is 5.88 Å². The average molecular weight is 365 g/mol. The van der Waals surface area contributed by atoms with Gasteiger partial charge in [-0.3, -0.25) is 4.79 Å². The first-order valence-electron chi connectivity index (χ1n) is 9.60. The zero-order valence-corrected chi connectivity index (χ0v) is 16.3. The lowest BCUT2D eigenvalue weighted by Crippen LogP contribution is -2.25. The molecule has 2 aromatic rings. The van der Waals surface area contributed by atoms with Crippen molar-refractivity contribution in [2.75, 3.05) is 18.5 Å². The topological polar surface area (TPSA) is 64.1 Å². The fourth-order valence-electron chi connectivity index (χ4n) is 3.30. The standard InChI is InChI=1S/C22H27N3O2/c1-4-9-18(26)17-14-24-20-16(10-13-23-21(20)27-5-2)19(17)25-15-22(3)11-7-6-8-12-22/h6-8,10-11,13-14H,4-5,9,12,15H2,1-3H3,(H,24,25)/t22-/m0/s1. The van der Waals surface area contributed by atoms with E-state index in [1.165, 1.54) is 0 Å². The summed E-state index contributed by atoms with van der Waals surface area (Å²) in [5.74, 6) is 0.604. The summed E-state index contributed by atoms with van der Waals surface area (Å²) in [6, 6.07) is 1.90. The van der Waals surface area contributed by atoms with E-state index in [0.29, 0.717) is 30.0 Å². The molecule has 2 aromatic heterocycles. The van der Waals surface area contributed by atoms with Crippen LogP contribution in [0, 0.1) is 5.41 Å². The van der Waals surface area contributed by atoms with Gasteiger partial charge in [0, 0.05) is 36.2 Å². The van der Waals surface area contributed by atoms with Crippen molar-refractivity contribution in [3.05, 3.63) is 48.3 Å². The number of anilines is 1. The van der Waals surface area contributed by atoms with Crippen LogP contribution >= 0.6 is 0 Å². The highest BCUT2D eigenvalue weighted by atomic mass is 16.5. The Bertz CT molecular complexity index is 889. The molecule has 142 valence electrons. The number of nitrogens with zero attached hydrogens (tertiary/aromatic N) is 2. The summed E-state index contributed by atoms with van der Waals surface area (Å²) in [6.45, 7) is 7.39. The second-order valence-corrected chi connectivity index (χ2v) is 7.16. The number of rotatable bonds is 8. The molecule has 3 rings (SSSR count). The third-order valence-electron chi connectivity index (χ3n) is 4.81. The van der Waals surface area contributed by atoms with Crippen LogP contribution in [0.4, 0.5) is 5.69 Å². The molecule has 0 fully saturated rings. The number of carbonyl (C=O) groups is 1. The van der Waals surface area contributed by atoms with E-state index < -0.39 is 0 Å². The average Bonchev–Trinajstić information content (AvgIpc) is 2.67. The molecule has 1 atom stereocenters. The molecule has 0 saturated carbocycles. The Balaban J connectivity index is 2.03. The van der Waals surface area contributed by atoms with Crippen LogP contribution in [0.3, 0.4) is 0 Å². The monoisotopic (exact) mass is 365 g/mol. The molecular formula is C22H27N3O2. The predicted molar refractivity (Wildman–Crippen MR) is 109 cm³/mol. The molecule has 0 saturated heterocycles. The van der Waals surface area contributed by atoms with Gasteiger partial charge in [-0.25, -0.2) is 9.97 Å². The first-order chi connectivity index (χ1) is 13.1. The number of allylic oxidation sites excluding steroid dienone is 3. The Morgan fingerprint density at radius 1 is 1.30 bits per heavy atom.